The van der Waals surface area contributed by atoms with E-state index < -0.39 is 28.1 Å². The molecule has 3 aliphatic heterocycles. The predicted octanol–water partition coefficient (Wildman–Crippen LogP) is -0.0398. The smallest absolute Gasteiger partial charge is 0.258 e. The second-order valence-electron chi connectivity index (χ2n) is 9.42. The molecule has 3 N–H and O–H groups in total. The van der Waals surface area contributed by atoms with E-state index in [9.17, 15) is 22.8 Å². The standard InChI is InChI=1S/C26H32N4O8S/c1-36-21-9-5-17-6-10-24(31)29-20-14-30(26(33)13-28-39(2,34)35)15-23(20)38-19-7-3-18(4-8-19)12-27-25(32)16-37-22(21)11-17/h3-5,7-9,11,20,23,28H,6,10,12-16H2,1-2H3,(H,27,32)(H,29,31)/t20-,23-/m0/s1. The normalized spacial score (nSPS) is 20.3. The molecule has 1 saturated heterocycles. The first kappa shape index (κ1) is 28.2. The number of nitrogens with zero attached hydrogens (tertiary/aromatic N) is 1. The van der Waals surface area contributed by atoms with E-state index in [1.165, 1.54) is 12.0 Å². The number of likely N-dealkylation sites (tertiary alicyclic amines) is 1. The predicted molar refractivity (Wildman–Crippen MR) is 141 cm³/mol. The highest BCUT2D eigenvalue weighted by Crippen LogP contribution is 2.28. The summed E-state index contributed by atoms with van der Waals surface area (Å²) in [5, 5.41) is 5.78. The van der Waals surface area contributed by atoms with Gasteiger partial charge in [0.25, 0.3) is 5.91 Å². The maximum absolute atomic E-state index is 12.9. The molecule has 3 heterocycles. The fourth-order valence-electron chi connectivity index (χ4n) is 4.32. The van der Waals surface area contributed by atoms with Gasteiger partial charge in [0.1, 0.15) is 11.9 Å². The Bertz CT molecular complexity index is 1320. The lowest BCUT2D eigenvalue weighted by Gasteiger charge is -2.21. The summed E-state index contributed by atoms with van der Waals surface area (Å²) in [5.41, 5.74) is 1.66. The summed E-state index contributed by atoms with van der Waals surface area (Å²) < 4.78 is 42.2. The molecular formula is C26H32N4O8S. The zero-order valence-corrected chi connectivity index (χ0v) is 22.6. The van der Waals surface area contributed by atoms with Crippen molar-refractivity contribution in [3.63, 3.8) is 0 Å². The van der Waals surface area contributed by atoms with Crippen LogP contribution in [0.4, 0.5) is 0 Å². The molecule has 13 heteroatoms. The highest BCUT2D eigenvalue weighted by atomic mass is 32.2. The number of rotatable bonds is 4. The largest absolute Gasteiger partial charge is 0.493 e. The third-order valence-corrected chi connectivity index (χ3v) is 7.05. The Balaban J connectivity index is 1.54. The monoisotopic (exact) mass is 560 g/mol. The molecule has 210 valence electrons. The van der Waals surface area contributed by atoms with E-state index in [0.717, 1.165) is 17.4 Å². The average Bonchev–Trinajstić information content (AvgIpc) is 3.29. The Hall–Kier alpha value is -3.84. The van der Waals surface area contributed by atoms with Crippen LogP contribution in [0.3, 0.4) is 0 Å². The minimum Gasteiger partial charge on any atom is -0.493 e. The molecule has 39 heavy (non-hydrogen) atoms. The number of benzene rings is 2. The minimum absolute atomic E-state index is 0.160. The van der Waals surface area contributed by atoms with Crippen molar-refractivity contribution in [2.45, 2.75) is 31.5 Å². The van der Waals surface area contributed by atoms with Gasteiger partial charge in [-0.15, -0.1) is 0 Å². The lowest BCUT2D eigenvalue weighted by molar-refractivity contribution is -0.129. The van der Waals surface area contributed by atoms with Crippen LogP contribution in [0.15, 0.2) is 42.5 Å². The molecule has 2 atom stereocenters. The van der Waals surface area contributed by atoms with Crippen LogP contribution >= 0.6 is 0 Å². The van der Waals surface area contributed by atoms with Gasteiger partial charge in [0.05, 0.1) is 32.5 Å². The summed E-state index contributed by atoms with van der Waals surface area (Å²) in [6, 6.07) is 11.9. The second kappa shape index (κ2) is 12.3. The average molecular weight is 561 g/mol. The maximum Gasteiger partial charge on any atom is 0.258 e. The van der Waals surface area contributed by atoms with Gasteiger partial charge in [-0.05, 0) is 41.8 Å². The second-order valence-corrected chi connectivity index (χ2v) is 11.2. The van der Waals surface area contributed by atoms with E-state index in [0.29, 0.717) is 23.7 Å². The van der Waals surface area contributed by atoms with Gasteiger partial charge in [0.2, 0.25) is 21.8 Å². The summed E-state index contributed by atoms with van der Waals surface area (Å²) in [5.74, 6) is 0.443. The van der Waals surface area contributed by atoms with Crippen LogP contribution < -0.4 is 29.6 Å². The lowest BCUT2D eigenvalue weighted by Crippen LogP contribution is -2.45. The highest BCUT2D eigenvalue weighted by molar-refractivity contribution is 7.88. The van der Waals surface area contributed by atoms with Gasteiger partial charge in [0, 0.05) is 19.5 Å². The fraction of sp³-hybridized carbons (Fsp3) is 0.423. The van der Waals surface area contributed by atoms with Gasteiger partial charge < -0.3 is 29.7 Å². The summed E-state index contributed by atoms with van der Waals surface area (Å²) in [4.78, 5) is 39.4. The molecule has 2 aromatic rings. The third kappa shape index (κ3) is 8.07. The molecular weight excluding hydrogens is 528 g/mol. The Labute approximate surface area is 227 Å². The SMILES string of the molecule is COc1ccc2cc1OCC(=O)NCc1ccc(cc1)O[C@H]1CN(C(=O)CNS(C)(=O)=O)C[C@@H]1NC(=O)CC2. The van der Waals surface area contributed by atoms with Crippen molar-refractivity contribution in [2.24, 2.45) is 0 Å². The Morgan fingerprint density at radius 2 is 1.82 bits per heavy atom. The number of hydrogen-bond donors (Lipinski definition) is 3. The Morgan fingerprint density at radius 3 is 2.54 bits per heavy atom. The number of carbonyl (C=O) groups is 3. The molecule has 0 aromatic heterocycles. The fourth-order valence-corrected chi connectivity index (χ4v) is 4.71. The van der Waals surface area contributed by atoms with Crippen molar-refractivity contribution in [1.82, 2.24) is 20.3 Å². The van der Waals surface area contributed by atoms with Crippen molar-refractivity contribution in [2.75, 3.05) is 39.6 Å². The van der Waals surface area contributed by atoms with E-state index in [1.807, 2.05) is 6.07 Å². The van der Waals surface area contributed by atoms with Crippen molar-refractivity contribution >= 4 is 27.7 Å². The van der Waals surface area contributed by atoms with Crippen LogP contribution in [0, 0.1) is 0 Å². The van der Waals surface area contributed by atoms with Gasteiger partial charge in [0.15, 0.2) is 18.1 Å². The molecule has 1 fully saturated rings. The molecule has 12 nitrogen and oxygen atoms in total. The van der Waals surface area contributed by atoms with E-state index in [-0.39, 0.29) is 51.0 Å². The maximum atomic E-state index is 12.9. The van der Waals surface area contributed by atoms with Crippen molar-refractivity contribution in [1.29, 1.82) is 0 Å². The Morgan fingerprint density at radius 1 is 1.08 bits per heavy atom. The first-order valence-corrected chi connectivity index (χ1v) is 14.3. The van der Waals surface area contributed by atoms with Crippen LogP contribution in [0.1, 0.15) is 17.5 Å². The van der Waals surface area contributed by atoms with Gasteiger partial charge >= 0.3 is 0 Å². The number of carbonyl (C=O) groups excluding carboxylic acids is 3. The van der Waals surface area contributed by atoms with Crippen LogP contribution in [-0.2, 0) is 37.4 Å². The summed E-state index contributed by atoms with van der Waals surface area (Å²) in [6.07, 6.45) is 0.992. The first-order chi connectivity index (χ1) is 18.6. The minimum atomic E-state index is -3.54. The highest BCUT2D eigenvalue weighted by Gasteiger charge is 2.37. The van der Waals surface area contributed by atoms with Gasteiger partial charge in [-0.3, -0.25) is 14.4 Å². The van der Waals surface area contributed by atoms with Crippen molar-refractivity contribution < 1.29 is 37.0 Å². The molecule has 0 unspecified atom stereocenters. The number of amides is 3. The lowest BCUT2D eigenvalue weighted by atomic mass is 10.1. The number of nitrogens with one attached hydrogen (secondary N) is 3. The third-order valence-electron chi connectivity index (χ3n) is 6.38. The Kier molecular flexibility index (Phi) is 8.92. The summed E-state index contributed by atoms with van der Waals surface area (Å²) >= 11 is 0. The molecule has 3 amide bonds. The molecule has 0 saturated carbocycles. The summed E-state index contributed by atoms with van der Waals surface area (Å²) in [6.45, 7) is 0.0587. The van der Waals surface area contributed by atoms with Gasteiger partial charge in [-0.1, -0.05) is 18.2 Å². The molecule has 0 radical (unpaired) electrons. The van der Waals surface area contributed by atoms with Crippen LogP contribution in [-0.4, -0.2) is 82.8 Å². The quantitative estimate of drug-likeness (QED) is 0.471. The molecule has 3 aliphatic rings. The number of ether oxygens (including phenoxy) is 3. The van der Waals surface area contributed by atoms with E-state index in [2.05, 4.69) is 15.4 Å². The van der Waals surface area contributed by atoms with Crippen LogP contribution in [0.2, 0.25) is 0 Å². The van der Waals surface area contributed by atoms with Crippen LogP contribution in [0.25, 0.3) is 0 Å². The zero-order valence-electron chi connectivity index (χ0n) is 21.8. The zero-order chi connectivity index (χ0) is 28.0. The van der Waals surface area contributed by atoms with Gasteiger partial charge in [-0.2, -0.15) is 0 Å². The molecule has 5 rings (SSSR count). The number of fused-ring (bicyclic) bond motifs is 9. The topological polar surface area (TPSA) is 152 Å². The number of hydrogen-bond acceptors (Lipinski definition) is 8. The van der Waals surface area contributed by atoms with E-state index in [4.69, 9.17) is 14.2 Å². The number of methoxy groups -OCH3 is 1. The molecule has 2 aromatic carbocycles. The molecule has 0 spiro atoms. The molecule has 0 aliphatic carbocycles. The van der Waals surface area contributed by atoms with E-state index >= 15 is 0 Å². The van der Waals surface area contributed by atoms with Crippen molar-refractivity contribution in [3.05, 3.63) is 53.6 Å². The van der Waals surface area contributed by atoms with Gasteiger partial charge in [-0.25, -0.2) is 13.1 Å². The summed E-state index contributed by atoms with van der Waals surface area (Å²) in [7, 11) is -2.03. The molecule has 4 bridgehead atoms. The van der Waals surface area contributed by atoms with E-state index in [1.54, 1.807) is 36.4 Å². The van der Waals surface area contributed by atoms with Crippen LogP contribution in [0.5, 0.6) is 17.2 Å². The number of aryl methyl sites for hydroxylation is 1. The first-order valence-electron chi connectivity index (χ1n) is 12.4. The number of sulfonamides is 1. The van der Waals surface area contributed by atoms with Crippen molar-refractivity contribution in [3.8, 4) is 17.2 Å².